The van der Waals surface area contributed by atoms with Crippen LogP contribution in [-0.4, -0.2) is 78.5 Å². The molecule has 2 fully saturated rings. The molecule has 2 aliphatic heterocycles. The maximum atomic E-state index is 12.6. The Bertz CT molecular complexity index is 751. The number of nitrogens with zero attached hydrogens (tertiary/aromatic N) is 3. The van der Waals surface area contributed by atoms with Crippen LogP contribution in [0.5, 0.6) is 0 Å². The van der Waals surface area contributed by atoms with Crippen molar-refractivity contribution in [1.82, 2.24) is 9.80 Å². The van der Waals surface area contributed by atoms with Gasteiger partial charge >= 0.3 is 5.97 Å². The van der Waals surface area contributed by atoms with E-state index in [0.29, 0.717) is 12.2 Å². The number of nitrogens with one attached hydrogen (secondary N) is 1. The Labute approximate surface area is 171 Å². The largest absolute Gasteiger partial charge is 0.478 e. The molecule has 0 atom stereocenters. The number of carbonyl (C=O) groups is 3. The molecule has 2 N–H and O–H groups in total. The van der Waals surface area contributed by atoms with Crippen LogP contribution in [0, 0.1) is 0 Å². The third-order valence-electron chi connectivity index (χ3n) is 5.60. The molecule has 2 aliphatic rings. The van der Waals surface area contributed by atoms with Gasteiger partial charge in [0.15, 0.2) is 0 Å². The van der Waals surface area contributed by atoms with E-state index in [0.717, 1.165) is 57.8 Å². The lowest BCUT2D eigenvalue weighted by atomic mass is 10.1. The van der Waals surface area contributed by atoms with Gasteiger partial charge in [-0.05, 0) is 31.0 Å². The molecule has 8 nitrogen and oxygen atoms in total. The fraction of sp³-hybridized carbons (Fsp3) is 0.571. The van der Waals surface area contributed by atoms with Crippen molar-refractivity contribution in [3.63, 3.8) is 0 Å². The van der Waals surface area contributed by atoms with E-state index in [1.807, 2.05) is 11.0 Å². The minimum absolute atomic E-state index is 0.0801. The van der Waals surface area contributed by atoms with Gasteiger partial charge in [-0.15, -0.1) is 0 Å². The highest BCUT2D eigenvalue weighted by Gasteiger charge is 2.23. The summed E-state index contributed by atoms with van der Waals surface area (Å²) in [5.41, 5.74) is 1.20. The minimum Gasteiger partial charge on any atom is -0.478 e. The molecule has 0 unspecified atom stereocenters. The molecule has 8 heteroatoms. The summed E-state index contributed by atoms with van der Waals surface area (Å²) in [5, 5.41) is 12.0. The number of carbonyl (C=O) groups excluding carboxylic acids is 2. The summed E-state index contributed by atoms with van der Waals surface area (Å²) in [7, 11) is 0. The zero-order chi connectivity index (χ0) is 20.8. The van der Waals surface area contributed by atoms with Crippen molar-refractivity contribution in [1.29, 1.82) is 0 Å². The van der Waals surface area contributed by atoms with Gasteiger partial charge in [0.1, 0.15) is 0 Å². The van der Waals surface area contributed by atoms with Gasteiger partial charge in [-0.25, -0.2) is 4.79 Å². The first-order valence-electron chi connectivity index (χ1n) is 10.3. The quantitative estimate of drug-likeness (QED) is 0.781. The van der Waals surface area contributed by atoms with E-state index in [1.54, 1.807) is 12.1 Å². The zero-order valence-electron chi connectivity index (χ0n) is 17.0. The number of benzene rings is 1. The number of anilines is 2. The fourth-order valence-electron chi connectivity index (χ4n) is 3.98. The molecular weight excluding hydrogens is 372 g/mol. The van der Waals surface area contributed by atoms with Gasteiger partial charge in [0, 0.05) is 51.9 Å². The summed E-state index contributed by atoms with van der Waals surface area (Å²) in [5.74, 6) is -1.16. The van der Waals surface area contributed by atoms with Crippen molar-refractivity contribution in [3.05, 3.63) is 23.8 Å². The van der Waals surface area contributed by atoms with E-state index in [9.17, 15) is 19.5 Å². The number of piperazine rings is 1. The van der Waals surface area contributed by atoms with Crippen molar-refractivity contribution in [2.75, 3.05) is 56.0 Å². The Morgan fingerprint density at radius 2 is 1.62 bits per heavy atom. The van der Waals surface area contributed by atoms with Crippen LogP contribution in [-0.2, 0) is 9.59 Å². The van der Waals surface area contributed by atoms with Crippen LogP contribution >= 0.6 is 0 Å². The Balaban J connectivity index is 1.57. The first-order valence-corrected chi connectivity index (χ1v) is 10.3. The van der Waals surface area contributed by atoms with Crippen LogP contribution < -0.4 is 10.2 Å². The summed E-state index contributed by atoms with van der Waals surface area (Å²) >= 11 is 0. The number of aromatic carboxylic acids is 1. The molecule has 2 heterocycles. The Kier molecular flexibility index (Phi) is 7.09. The second-order valence-electron chi connectivity index (χ2n) is 7.77. The van der Waals surface area contributed by atoms with E-state index >= 15 is 0 Å². The summed E-state index contributed by atoms with van der Waals surface area (Å²) in [6.45, 7) is 6.53. The van der Waals surface area contributed by atoms with Crippen LogP contribution in [0.15, 0.2) is 18.2 Å². The molecule has 29 heavy (non-hydrogen) atoms. The number of hydrogen-bond donors (Lipinski definition) is 2. The van der Waals surface area contributed by atoms with Gasteiger partial charge in [0.2, 0.25) is 11.8 Å². The van der Waals surface area contributed by atoms with Crippen LogP contribution in [0.25, 0.3) is 0 Å². The minimum atomic E-state index is -1.07. The highest BCUT2D eigenvalue weighted by atomic mass is 16.4. The van der Waals surface area contributed by atoms with E-state index in [4.69, 9.17) is 0 Å². The van der Waals surface area contributed by atoms with Gasteiger partial charge in [-0.1, -0.05) is 12.8 Å². The van der Waals surface area contributed by atoms with Crippen molar-refractivity contribution in [2.24, 2.45) is 0 Å². The average Bonchev–Trinajstić information content (AvgIpc) is 2.98. The summed E-state index contributed by atoms with van der Waals surface area (Å²) < 4.78 is 0. The molecule has 0 saturated carbocycles. The van der Waals surface area contributed by atoms with E-state index in [2.05, 4.69) is 15.1 Å². The normalized spacial score (nSPS) is 18.2. The third-order valence-corrected chi connectivity index (χ3v) is 5.60. The molecule has 2 amide bonds. The lowest BCUT2D eigenvalue weighted by molar-refractivity contribution is -0.132. The average molecular weight is 402 g/mol. The number of carboxylic acids is 1. The molecule has 0 aromatic heterocycles. The predicted molar refractivity (Wildman–Crippen MR) is 111 cm³/mol. The third kappa shape index (κ3) is 5.69. The van der Waals surface area contributed by atoms with Crippen molar-refractivity contribution in [3.8, 4) is 0 Å². The number of amides is 2. The highest BCUT2D eigenvalue weighted by molar-refractivity contribution is 6.00. The molecular formula is C21H30N4O4. The molecule has 2 saturated heterocycles. The monoisotopic (exact) mass is 402 g/mol. The van der Waals surface area contributed by atoms with Crippen LogP contribution in [0.2, 0.25) is 0 Å². The standard InChI is InChI=1S/C21H30N4O4/c1-16(26)22-19-7-6-17(14-18(19)21(28)29)24-12-10-23(11-13-24)15-20(27)25-8-4-2-3-5-9-25/h6-7,14H,2-5,8-13,15H2,1H3,(H,22,26)(H,28,29). The molecule has 0 radical (unpaired) electrons. The maximum Gasteiger partial charge on any atom is 0.337 e. The van der Waals surface area contributed by atoms with Crippen LogP contribution in [0.1, 0.15) is 43.0 Å². The summed E-state index contributed by atoms with van der Waals surface area (Å²) in [6.07, 6.45) is 4.61. The van der Waals surface area contributed by atoms with Crippen LogP contribution in [0.3, 0.4) is 0 Å². The van der Waals surface area contributed by atoms with Crippen LogP contribution in [0.4, 0.5) is 11.4 Å². The fourth-order valence-corrected chi connectivity index (χ4v) is 3.98. The van der Waals surface area contributed by atoms with Gasteiger partial charge < -0.3 is 20.2 Å². The van der Waals surface area contributed by atoms with Gasteiger partial charge in [-0.3, -0.25) is 14.5 Å². The molecule has 1 aromatic carbocycles. The SMILES string of the molecule is CC(=O)Nc1ccc(N2CCN(CC(=O)N3CCCCCC3)CC2)cc1C(=O)O. The Morgan fingerprint density at radius 1 is 0.966 bits per heavy atom. The van der Waals surface area contributed by atoms with Crippen molar-refractivity contribution in [2.45, 2.75) is 32.6 Å². The second kappa shape index (κ2) is 9.73. The molecule has 0 spiro atoms. The lowest BCUT2D eigenvalue weighted by Gasteiger charge is -2.36. The maximum absolute atomic E-state index is 12.6. The lowest BCUT2D eigenvalue weighted by Crippen LogP contribution is -2.50. The number of rotatable bonds is 5. The van der Waals surface area contributed by atoms with Gasteiger partial charge in [-0.2, -0.15) is 0 Å². The topological polar surface area (TPSA) is 93.2 Å². The molecule has 0 aliphatic carbocycles. The number of likely N-dealkylation sites (tertiary alicyclic amines) is 1. The Hall–Kier alpha value is -2.61. The van der Waals surface area contributed by atoms with Gasteiger partial charge in [0.05, 0.1) is 17.8 Å². The summed E-state index contributed by atoms with van der Waals surface area (Å²) in [4.78, 5) is 41.7. The van der Waals surface area contributed by atoms with Gasteiger partial charge in [0.25, 0.3) is 0 Å². The highest BCUT2D eigenvalue weighted by Crippen LogP contribution is 2.24. The number of hydrogen-bond acceptors (Lipinski definition) is 5. The van der Waals surface area contributed by atoms with Crippen molar-refractivity contribution < 1.29 is 19.5 Å². The smallest absolute Gasteiger partial charge is 0.337 e. The molecule has 158 valence electrons. The van der Waals surface area contributed by atoms with E-state index < -0.39 is 5.97 Å². The molecule has 3 rings (SSSR count). The second-order valence-corrected chi connectivity index (χ2v) is 7.77. The number of carboxylic acid groups (broad SMARTS) is 1. The molecule has 1 aromatic rings. The first-order chi connectivity index (χ1) is 13.9. The first kappa shape index (κ1) is 21.1. The predicted octanol–water partition coefficient (Wildman–Crippen LogP) is 1.87. The van der Waals surface area contributed by atoms with E-state index in [1.165, 1.54) is 19.8 Å². The zero-order valence-corrected chi connectivity index (χ0v) is 17.0. The van der Waals surface area contributed by atoms with Crippen molar-refractivity contribution >= 4 is 29.2 Å². The Morgan fingerprint density at radius 3 is 2.21 bits per heavy atom. The van der Waals surface area contributed by atoms with E-state index in [-0.39, 0.29) is 17.4 Å². The summed E-state index contributed by atoms with van der Waals surface area (Å²) in [6, 6.07) is 5.07. The molecule has 0 bridgehead atoms.